The van der Waals surface area contributed by atoms with Crippen LogP contribution in [0.4, 0.5) is 0 Å². The van der Waals surface area contributed by atoms with E-state index in [-0.39, 0.29) is 11.8 Å². The second kappa shape index (κ2) is 15.8. The summed E-state index contributed by atoms with van der Waals surface area (Å²) in [5.41, 5.74) is 0. The van der Waals surface area contributed by atoms with E-state index >= 15 is 0 Å². The van der Waals surface area contributed by atoms with Crippen molar-refractivity contribution >= 4 is 40.3 Å². The Morgan fingerprint density at radius 2 is 1.47 bits per heavy atom. The number of rotatable bonds is 2. The van der Waals surface area contributed by atoms with Gasteiger partial charge in [-0.3, -0.25) is 9.59 Å². The van der Waals surface area contributed by atoms with E-state index in [9.17, 15) is 9.59 Å². The molecule has 0 heterocycles. The van der Waals surface area contributed by atoms with E-state index in [0.29, 0.717) is 6.42 Å². The van der Waals surface area contributed by atoms with E-state index in [2.05, 4.69) is 27.3 Å². The Bertz CT molecular complexity index is 171. The van der Waals surface area contributed by atoms with Gasteiger partial charge in [0.1, 0.15) is 5.78 Å². The maximum absolute atomic E-state index is 10.2. The number of hydrogen-bond donors (Lipinski definition) is 1. The Hall–Kier alpha value is -0.660. The van der Waals surface area contributed by atoms with Crippen LogP contribution in [0.5, 0.6) is 0 Å². The summed E-state index contributed by atoms with van der Waals surface area (Å²) in [5.74, 6) is -0.797. The number of hydrogen-bond acceptors (Lipinski definition) is 4. The fourth-order valence-corrected chi connectivity index (χ4v) is 0.620. The van der Waals surface area contributed by atoms with E-state index in [1.165, 1.54) is 21.0 Å². The van der Waals surface area contributed by atoms with Gasteiger partial charge in [0.05, 0.1) is 13.5 Å². The van der Waals surface area contributed by atoms with Crippen LogP contribution in [0.3, 0.4) is 0 Å². The lowest BCUT2D eigenvalue weighted by Crippen LogP contribution is -1.99. The number of ether oxygens (including phenoxy) is 1. The maximum atomic E-state index is 10.2. The molecule has 0 unspecified atom stereocenters. The second-order valence-corrected chi connectivity index (χ2v) is 3.52. The predicted molar refractivity (Wildman–Crippen MR) is 65.2 cm³/mol. The minimum Gasteiger partial charge on any atom is -0.481 e. The van der Waals surface area contributed by atoms with E-state index in [0.717, 1.165) is 11.4 Å². The number of aliphatic carboxylic acids is 1. The van der Waals surface area contributed by atoms with Crippen LogP contribution in [0.15, 0.2) is 0 Å². The fourth-order valence-electron chi connectivity index (χ4n) is 0.179. The molecule has 0 rings (SSSR count). The SMILES string of the molecule is CC(=O)O.CC(C)=O.COC(=O)CCI. The number of alkyl halides is 1. The molecule has 0 amide bonds. The summed E-state index contributed by atoms with van der Waals surface area (Å²) in [4.78, 5) is 28.6. The number of halogens is 1. The average Bonchev–Trinajstić information content (AvgIpc) is 2.02. The van der Waals surface area contributed by atoms with Crippen molar-refractivity contribution in [3.05, 3.63) is 0 Å². The molecule has 0 atom stereocenters. The molecule has 15 heavy (non-hydrogen) atoms. The highest BCUT2D eigenvalue weighted by molar-refractivity contribution is 14.1. The molecule has 5 nitrogen and oxygen atoms in total. The normalized spacial score (nSPS) is 7.27. The van der Waals surface area contributed by atoms with Gasteiger partial charge in [-0.1, -0.05) is 22.6 Å². The highest BCUT2D eigenvalue weighted by atomic mass is 127. The van der Waals surface area contributed by atoms with Gasteiger partial charge in [0, 0.05) is 11.4 Å². The molecule has 0 aromatic heterocycles. The number of carbonyl (C=O) groups excluding carboxylic acids is 2. The standard InChI is InChI=1S/C4H7IO2.C3H6O.C2H4O2/c1-7-4(6)2-3-5;1-3(2)4;1-2(3)4/h2-3H2,1H3;1-2H3;1H3,(H,3,4). The highest BCUT2D eigenvalue weighted by Gasteiger charge is 1.93. The molecular weight excluding hydrogens is 315 g/mol. The molecule has 0 aliphatic rings. The minimum atomic E-state index is -0.833. The van der Waals surface area contributed by atoms with Crippen LogP contribution in [-0.4, -0.2) is 34.4 Å². The predicted octanol–water partition coefficient (Wildman–Crippen LogP) is 1.67. The first kappa shape index (κ1) is 19.8. The van der Waals surface area contributed by atoms with Crippen LogP contribution in [-0.2, 0) is 19.1 Å². The smallest absolute Gasteiger partial charge is 0.306 e. The number of esters is 1. The molecule has 0 saturated heterocycles. The molecule has 0 aliphatic heterocycles. The summed E-state index contributed by atoms with van der Waals surface area (Å²) in [6, 6.07) is 0. The molecular formula is C9H17IO5. The molecule has 6 heteroatoms. The lowest BCUT2D eigenvalue weighted by Gasteiger charge is -1.90. The molecule has 0 saturated carbocycles. The first-order valence-electron chi connectivity index (χ1n) is 4.07. The third-order valence-corrected chi connectivity index (χ3v) is 1.07. The molecule has 0 radical (unpaired) electrons. The van der Waals surface area contributed by atoms with Crippen LogP contribution in [0.25, 0.3) is 0 Å². The van der Waals surface area contributed by atoms with Gasteiger partial charge in [-0.05, 0) is 13.8 Å². The zero-order chi connectivity index (χ0) is 12.9. The number of ketones is 1. The Balaban J connectivity index is -0.000000155. The Morgan fingerprint density at radius 3 is 1.53 bits per heavy atom. The average molecular weight is 332 g/mol. The van der Waals surface area contributed by atoms with E-state index in [1.54, 1.807) is 0 Å². The highest BCUT2D eigenvalue weighted by Crippen LogP contribution is 1.88. The van der Waals surface area contributed by atoms with Crippen molar-refractivity contribution in [1.29, 1.82) is 0 Å². The number of Topliss-reactive ketones (excluding diaryl/α,β-unsaturated/α-hetero) is 1. The van der Waals surface area contributed by atoms with Gasteiger partial charge in [-0.15, -0.1) is 0 Å². The van der Waals surface area contributed by atoms with Gasteiger partial charge in [0.2, 0.25) is 0 Å². The first-order chi connectivity index (χ1) is 6.77. The van der Waals surface area contributed by atoms with Crippen molar-refractivity contribution in [3.63, 3.8) is 0 Å². The van der Waals surface area contributed by atoms with Crippen LogP contribution < -0.4 is 0 Å². The minimum absolute atomic E-state index is 0.130. The molecule has 1 N–H and O–H groups in total. The van der Waals surface area contributed by atoms with Crippen LogP contribution in [0, 0.1) is 0 Å². The van der Waals surface area contributed by atoms with Gasteiger partial charge >= 0.3 is 5.97 Å². The molecule has 0 bridgehead atoms. The summed E-state index contributed by atoms with van der Waals surface area (Å²) in [7, 11) is 1.40. The zero-order valence-corrected chi connectivity index (χ0v) is 11.5. The van der Waals surface area contributed by atoms with Crippen molar-refractivity contribution in [2.24, 2.45) is 0 Å². The van der Waals surface area contributed by atoms with Crippen LogP contribution in [0.2, 0.25) is 0 Å². The number of methoxy groups -OCH3 is 1. The lowest BCUT2D eigenvalue weighted by molar-refractivity contribution is -0.140. The summed E-state index contributed by atoms with van der Waals surface area (Å²) < 4.78 is 5.18. The summed E-state index contributed by atoms with van der Waals surface area (Å²) in [5, 5.41) is 7.42. The molecule has 0 aromatic rings. The maximum Gasteiger partial charge on any atom is 0.306 e. The topological polar surface area (TPSA) is 80.7 Å². The Labute approximate surface area is 103 Å². The Kier molecular flexibility index (Phi) is 20.9. The van der Waals surface area contributed by atoms with Crippen molar-refractivity contribution in [1.82, 2.24) is 0 Å². The van der Waals surface area contributed by atoms with E-state index in [4.69, 9.17) is 9.90 Å². The first-order valence-corrected chi connectivity index (χ1v) is 5.59. The van der Waals surface area contributed by atoms with E-state index < -0.39 is 5.97 Å². The molecule has 0 aromatic carbocycles. The molecule has 0 aliphatic carbocycles. The van der Waals surface area contributed by atoms with Crippen molar-refractivity contribution in [2.75, 3.05) is 11.5 Å². The van der Waals surface area contributed by atoms with Gasteiger partial charge in [0.25, 0.3) is 5.97 Å². The lowest BCUT2D eigenvalue weighted by atomic mass is 10.5. The summed E-state index contributed by atoms with van der Waals surface area (Å²) in [6.07, 6.45) is 0.525. The van der Waals surface area contributed by atoms with Crippen LogP contribution >= 0.6 is 22.6 Å². The van der Waals surface area contributed by atoms with E-state index in [1.807, 2.05) is 0 Å². The molecule has 0 fully saturated rings. The number of carbonyl (C=O) groups is 3. The van der Waals surface area contributed by atoms with Crippen molar-refractivity contribution in [3.8, 4) is 0 Å². The monoisotopic (exact) mass is 332 g/mol. The van der Waals surface area contributed by atoms with Gasteiger partial charge in [-0.25, -0.2) is 0 Å². The summed E-state index contributed by atoms with van der Waals surface area (Å²) in [6.45, 7) is 4.14. The second-order valence-electron chi connectivity index (χ2n) is 2.44. The van der Waals surface area contributed by atoms with Gasteiger partial charge in [-0.2, -0.15) is 0 Å². The largest absolute Gasteiger partial charge is 0.481 e. The quantitative estimate of drug-likeness (QED) is 0.473. The Morgan fingerprint density at radius 1 is 1.20 bits per heavy atom. The third-order valence-electron chi connectivity index (χ3n) is 0.526. The molecule has 0 spiro atoms. The summed E-state index contributed by atoms with van der Waals surface area (Å²) >= 11 is 2.13. The fraction of sp³-hybridized carbons (Fsp3) is 0.667. The van der Waals surface area contributed by atoms with Crippen molar-refractivity contribution < 1.29 is 24.2 Å². The van der Waals surface area contributed by atoms with Crippen molar-refractivity contribution in [2.45, 2.75) is 27.2 Å². The third kappa shape index (κ3) is 91.1. The van der Waals surface area contributed by atoms with Gasteiger partial charge < -0.3 is 14.6 Å². The van der Waals surface area contributed by atoms with Gasteiger partial charge in [0.15, 0.2) is 0 Å². The van der Waals surface area contributed by atoms with Crippen LogP contribution in [0.1, 0.15) is 27.2 Å². The zero-order valence-electron chi connectivity index (χ0n) is 9.37. The molecule has 90 valence electrons. The number of carboxylic acids is 1. The number of carboxylic acid groups (broad SMARTS) is 1.